The molecule has 0 spiro atoms. The first kappa shape index (κ1) is 17.6. The second-order valence-corrected chi connectivity index (χ2v) is 5.49. The third-order valence-electron chi connectivity index (χ3n) is 3.73. The standard InChI is InChI=1S/C18H17FN4O3/c1-26-11-10-23-16(14-4-2-3-5-15(14)21-18(23)25)22-17(24)20-13-8-6-12(19)7-9-13/h2-9H,10-11H2,1H3,(H2,20,22,24). The fourth-order valence-corrected chi connectivity index (χ4v) is 2.50. The van der Waals surface area contributed by atoms with Crippen molar-refractivity contribution >= 4 is 28.4 Å². The maximum Gasteiger partial charge on any atom is 0.349 e. The van der Waals surface area contributed by atoms with Gasteiger partial charge in [-0.15, -0.1) is 0 Å². The summed E-state index contributed by atoms with van der Waals surface area (Å²) in [7, 11) is 1.52. The molecule has 0 aliphatic heterocycles. The second kappa shape index (κ2) is 7.75. The van der Waals surface area contributed by atoms with E-state index in [1.54, 1.807) is 24.3 Å². The quantitative estimate of drug-likeness (QED) is 0.736. The first-order chi connectivity index (χ1) is 12.6. The summed E-state index contributed by atoms with van der Waals surface area (Å²) < 4.78 is 19.3. The van der Waals surface area contributed by atoms with Gasteiger partial charge < -0.3 is 10.1 Å². The van der Waals surface area contributed by atoms with Crippen LogP contribution in [0.25, 0.3) is 10.9 Å². The van der Waals surface area contributed by atoms with Crippen molar-refractivity contribution in [3.05, 3.63) is 64.8 Å². The van der Waals surface area contributed by atoms with Crippen LogP contribution in [0.2, 0.25) is 0 Å². The van der Waals surface area contributed by atoms with Gasteiger partial charge in [-0.25, -0.2) is 14.0 Å². The molecule has 2 amide bonds. The molecule has 1 heterocycles. The molecule has 0 atom stereocenters. The normalized spacial score (nSPS) is 10.7. The zero-order chi connectivity index (χ0) is 18.5. The van der Waals surface area contributed by atoms with E-state index in [4.69, 9.17) is 4.74 Å². The summed E-state index contributed by atoms with van der Waals surface area (Å²) in [6.45, 7) is 0.521. The van der Waals surface area contributed by atoms with Crippen LogP contribution in [0.4, 0.5) is 20.7 Å². The van der Waals surface area contributed by atoms with Crippen molar-refractivity contribution in [2.45, 2.75) is 6.54 Å². The third-order valence-corrected chi connectivity index (χ3v) is 3.73. The molecule has 0 radical (unpaired) electrons. The zero-order valence-electron chi connectivity index (χ0n) is 14.0. The molecule has 2 aromatic carbocycles. The third kappa shape index (κ3) is 3.86. The number of hydrogen-bond donors (Lipinski definition) is 2. The molecule has 0 bridgehead atoms. The van der Waals surface area contributed by atoms with Gasteiger partial charge in [-0.2, -0.15) is 4.98 Å². The summed E-state index contributed by atoms with van der Waals surface area (Å²) in [4.78, 5) is 28.7. The molecule has 0 unspecified atom stereocenters. The van der Waals surface area contributed by atoms with Crippen molar-refractivity contribution in [1.82, 2.24) is 9.55 Å². The highest BCUT2D eigenvalue weighted by Gasteiger charge is 2.14. The van der Waals surface area contributed by atoms with Crippen molar-refractivity contribution in [1.29, 1.82) is 0 Å². The minimum atomic E-state index is -0.557. The van der Waals surface area contributed by atoms with Gasteiger partial charge >= 0.3 is 11.7 Å². The number of halogens is 1. The van der Waals surface area contributed by atoms with E-state index in [2.05, 4.69) is 15.6 Å². The number of urea groups is 1. The van der Waals surface area contributed by atoms with Crippen LogP contribution < -0.4 is 16.3 Å². The molecule has 1 aromatic heterocycles. The lowest BCUT2D eigenvalue weighted by molar-refractivity contribution is 0.186. The van der Waals surface area contributed by atoms with Gasteiger partial charge in [0.15, 0.2) is 0 Å². The van der Waals surface area contributed by atoms with E-state index in [1.807, 2.05) is 0 Å². The van der Waals surface area contributed by atoms with Crippen LogP contribution in [-0.4, -0.2) is 29.3 Å². The van der Waals surface area contributed by atoms with E-state index in [1.165, 1.54) is 35.9 Å². The predicted octanol–water partition coefficient (Wildman–Crippen LogP) is 2.83. The Morgan fingerprint density at radius 3 is 2.62 bits per heavy atom. The SMILES string of the molecule is COCCn1c(NC(=O)Nc2ccc(F)cc2)c2ccccc2nc1=O. The number of hydrogen-bond acceptors (Lipinski definition) is 4. The summed E-state index contributed by atoms with van der Waals surface area (Å²) in [5, 5.41) is 5.91. The van der Waals surface area contributed by atoms with Gasteiger partial charge in [0.05, 0.1) is 18.7 Å². The van der Waals surface area contributed by atoms with Crippen LogP contribution >= 0.6 is 0 Å². The van der Waals surface area contributed by atoms with Crippen molar-refractivity contribution < 1.29 is 13.9 Å². The number of ether oxygens (including phenoxy) is 1. The van der Waals surface area contributed by atoms with Gasteiger partial charge in [-0.3, -0.25) is 9.88 Å². The summed E-state index contributed by atoms with van der Waals surface area (Å²) in [5.74, 6) is -0.0817. The van der Waals surface area contributed by atoms with Crippen LogP contribution in [0, 0.1) is 5.82 Å². The fraction of sp³-hybridized carbons (Fsp3) is 0.167. The number of aromatic nitrogens is 2. The van der Waals surface area contributed by atoms with Crippen molar-refractivity contribution in [2.24, 2.45) is 0 Å². The smallest absolute Gasteiger partial charge is 0.349 e. The molecule has 3 aromatic rings. The fourth-order valence-electron chi connectivity index (χ4n) is 2.50. The van der Waals surface area contributed by atoms with E-state index in [0.717, 1.165) is 0 Å². The number of carbonyl (C=O) groups excluding carboxylic acids is 1. The van der Waals surface area contributed by atoms with Gasteiger partial charge in [-0.05, 0) is 36.4 Å². The molecule has 2 N–H and O–H groups in total. The van der Waals surface area contributed by atoms with Gasteiger partial charge in [0, 0.05) is 18.2 Å². The number of rotatable bonds is 5. The number of fused-ring (bicyclic) bond motifs is 1. The summed E-state index contributed by atoms with van der Waals surface area (Å²) in [6.07, 6.45) is 0. The highest BCUT2D eigenvalue weighted by atomic mass is 19.1. The first-order valence-electron chi connectivity index (χ1n) is 7.90. The molecule has 3 rings (SSSR count). The summed E-state index contributed by atoms with van der Waals surface area (Å²) in [6, 6.07) is 11.8. The molecule has 7 nitrogen and oxygen atoms in total. The molecule has 26 heavy (non-hydrogen) atoms. The average Bonchev–Trinajstić information content (AvgIpc) is 2.63. The van der Waals surface area contributed by atoms with Crippen molar-refractivity contribution in [3.63, 3.8) is 0 Å². The molecule has 0 saturated carbocycles. The number of anilines is 2. The molecule has 0 fully saturated rings. The Labute approximate surface area is 148 Å². The Morgan fingerprint density at radius 2 is 1.88 bits per heavy atom. The van der Waals surface area contributed by atoms with Gasteiger partial charge in [0.1, 0.15) is 11.6 Å². The molecular weight excluding hydrogens is 339 g/mol. The summed E-state index contributed by atoms with van der Waals surface area (Å²) >= 11 is 0. The first-order valence-corrected chi connectivity index (χ1v) is 7.90. The maximum atomic E-state index is 13.0. The second-order valence-electron chi connectivity index (χ2n) is 5.49. The molecular formula is C18H17FN4O3. The van der Waals surface area contributed by atoms with Crippen molar-refractivity contribution in [3.8, 4) is 0 Å². The molecule has 134 valence electrons. The Balaban J connectivity index is 1.95. The van der Waals surface area contributed by atoms with E-state index < -0.39 is 17.5 Å². The zero-order valence-corrected chi connectivity index (χ0v) is 14.0. The molecule has 0 aliphatic carbocycles. The van der Waals surface area contributed by atoms with Crippen LogP contribution in [0.3, 0.4) is 0 Å². The van der Waals surface area contributed by atoms with E-state index in [-0.39, 0.29) is 13.2 Å². The lowest BCUT2D eigenvalue weighted by Crippen LogP contribution is -2.30. The topological polar surface area (TPSA) is 85.2 Å². The Morgan fingerprint density at radius 1 is 1.15 bits per heavy atom. The van der Waals surface area contributed by atoms with Gasteiger partial charge in [0.25, 0.3) is 0 Å². The van der Waals surface area contributed by atoms with Crippen LogP contribution in [0.15, 0.2) is 53.3 Å². The lowest BCUT2D eigenvalue weighted by Gasteiger charge is -2.16. The van der Waals surface area contributed by atoms with Gasteiger partial charge in [-0.1, -0.05) is 12.1 Å². The molecule has 0 saturated heterocycles. The molecule has 8 heteroatoms. The Hall–Kier alpha value is -3.26. The number of nitrogens with one attached hydrogen (secondary N) is 2. The largest absolute Gasteiger partial charge is 0.383 e. The van der Waals surface area contributed by atoms with E-state index in [0.29, 0.717) is 22.4 Å². The monoisotopic (exact) mass is 356 g/mol. The minimum absolute atomic E-state index is 0.235. The number of para-hydroxylation sites is 1. The van der Waals surface area contributed by atoms with Crippen LogP contribution in [0.5, 0.6) is 0 Å². The molecule has 0 aliphatic rings. The minimum Gasteiger partial charge on any atom is -0.383 e. The maximum absolute atomic E-state index is 13.0. The van der Waals surface area contributed by atoms with Crippen molar-refractivity contribution in [2.75, 3.05) is 24.4 Å². The number of nitrogens with zero attached hydrogens (tertiary/aromatic N) is 2. The van der Waals surface area contributed by atoms with E-state index in [9.17, 15) is 14.0 Å². The highest BCUT2D eigenvalue weighted by molar-refractivity contribution is 6.04. The highest BCUT2D eigenvalue weighted by Crippen LogP contribution is 2.20. The number of methoxy groups -OCH3 is 1. The van der Waals surface area contributed by atoms with Crippen LogP contribution in [-0.2, 0) is 11.3 Å². The Kier molecular flexibility index (Phi) is 5.23. The lowest BCUT2D eigenvalue weighted by atomic mass is 10.2. The van der Waals surface area contributed by atoms with Crippen LogP contribution in [0.1, 0.15) is 0 Å². The summed E-state index contributed by atoms with van der Waals surface area (Å²) in [5.41, 5.74) is 0.411. The van der Waals surface area contributed by atoms with E-state index >= 15 is 0 Å². The van der Waals surface area contributed by atoms with Gasteiger partial charge in [0.2, 0.25) is 0 Å². The predicted molar refractivity (Wildman–Crippen MR) is 96.9 cm³/mol. The number of amides is 2. The Bertz CT molecular complexity index is 986. The average molecular weight is 356 g/mol. The number of benzene rings is 2. The number of carbonyl (C=O) groups is 1.